The molecule has 0 atom stereocenters. The number of hydrogen-bond acceptors (Lipinski definition) is 1. The molecule has 0 aliphatic rings. The van der Waals surface area contributed by atoms with Gasteiger partial charge in [-0.2, -0.15) is 0 Å². The molecule has 0 aromatic heterocycles. The van der Waals surface area contributed by atoms with Crippen LogP contribution < -0.4 is 5.32 Å². The van der Waals surface area contributed by atoms with E-state index < -0.39 is 11.6 Å². The van der Waals surface area contributed by atoms with Crippen LogP contribution in [0.15, 0.2) is 18.2 Å². The van der Waals surface area contributed by atoms with Gasteiger partial charge in [0.1, 0.15) is 11.6 Å². The molecule has 0 spiro atoms. The van der Waals surface area contributed by atoms with E-state index in [1.54, 1.807) is 0 Å². The molecule has 1 aromatic carbocycles. The summed E-state index contributed by atoms with van der Waals surface area (Å²) in [7, 11) is 0. The number of hydrogen-bond donors (Lipinski definition) is 1. The normalized spacial score (nSPS) is 11.8. The van der Waals surface area contributed by atoms with Crippen LogP contribution in [0.5, 0.6) is 0 Å². The topological polar surface area (TPSA) is 12.0 Å². The molecule has 4 heteroatoms. The molecule has 1 nitrogen and oxygen atoms in total. The lowest BCUT2D eigenvalue weighted by atomic mass is 10.0. The zero-order valence-corrected chi connectivity index (χ0v) is 10.2. The van der Waals surface area contributed by atoms with E-state index in [1.165, 1.54) is 12.1 Å². The summed E-state index contributed by atoms with van der Waals surface area (Å²) in [6.45, 7) is 4.44. The third-order valence-corrected chi connectivity index (χ3v) is 2.60. The smallest absolute Gasteiger partial charge is 0.126 e. The zero-order valence-electron chi connectivity index (χ0n) is 9.49. The second-order valence-electron chi connectivity index (χ2n) is 4.45. The van der Waals surface area contributed by atoms with Gasteiger partial charge >= 0.3 is 0 Å². The van der Waals surface area contributed by atoms with Gasteiger partial charge in [0.25, 0.3) is 0 Å². The molecular formula is C12H16ClF2N. The van der Waals surface area contributed by atoms with E-state index in [1.807, 2.05) is 13.8 Å². The minimum atomic E-state index is -0.549. The Morgan fingerprint density at radius 2 is 1.75 bits per heavy atom. The maximum Gasteiger partial charge on any atom is 0.126 e. The Morgan fingerprint density at radius 3 is 2.25 bits per heavy atom. The third kappa shape index (κ3) is 4.45. The molecular weight excluding hydrogens is 232 g/mol. The highest BCUT2D eigenvalue weighted by atomic mass is 35.5. The molecule has 0 amide bonds. The number of nitrogens with one attached hydrogen (secondary N) is 1. The summed E-state index contributed by atoms with van der Waals surface area (Å²) >= 11 is 5.66. The number of halogens is 3. The first kappa shape index (κ1) is 13.4. The first-order valence-corrected chi connectivity index (χ1v) is 5.72. The van der Waals surface area contributed by atoms with Gasteiger partial charge in [-0.05, 0) is 38.0 Å². The van der Waals surface area contributed by atoms with Crippen LogP contribution in [0.3, 0.4) is 0 Å². The Balaban J connectivity index is 2.60. The molecule has 0 aliphatic carbocycles. The molecule has 0 saturated heterocycles. The van der Waals surface area contributed by atoms with Crippen LogP contribution in [0, 0.1) is 11.6 Å². The third-order valence-electron chi connectivity index (χ3n) is 2.41. The van der Waals surface area contributed by atoms with Crippen molar-refractivity contribution in [2.24, 2.45) is 0 Å². The summed E-state index contributed by atoms with van der Waals surface area (Å²) in [4.78, 5) is 0. The molecule has 90 valence electrons. The van der Waals surface area contributed by atoms with Crippen LogP contribution in [-0.4, -0.2) is 11.4 Å². The van der Waals surface area contributed by atoms with E-state index >= 15 is 0 Å². The van der Waals surface area contributed by atoms with Crippen molar-refractivity contribution in [1.29, 1.82) is 0 Å². The minimum Gasteiger partial charge on any atom is -0.308 e. The lowest BCUT2D eigenvalue weighted by Crippen LogP contribution is -2.39. The van der Waals surface area contributed by atoms with Gasteiger partial charge < -0.3 is 5.32 Å². The summed E-state index contributed by atoms with van der Waals surface area (Å²) in [6.07, 6.45) is 0.798. The van der Waals surface area contributed by atoms with E-state index in [4.69, 9.17) is 11.6 Å². The molecule has 16 heavy (non-hydrogen) atoms. The Hall–Kier alpha value is -0.670. The van der Waals surface area contributed by atoms with Gasteiger partial charge in [-0.15, -0.1) is 11.6 Å². The molecule has 0 saturated carbocycles. The zero-order chi connectivity index (χ0) is 12.2. The second kappa shape index (κ2) is 5.60. The second-order valence-corrected chi connectivity index (χ2v) is 4.83. The monoisotopic (exact) mass is 247 g/mol. The lowest BCUT2D eigenvalue weighted by molar-refractivity contribution is 0.375. The van der Waals surface area contributed by atoms with E-state index in [0.29, 0.717) is 18.0 Å². The summed E-state index contributed by atoms with van der Waals surface area (Å²) in [6, 6.07) is 3.52. The Labute approximate surface area is 99.8 Å². The standard InChI is InChI=1S/C12H16ClF2N/c1-12(2,3-4-13)16-8-9-5-10(14)7-11(15)6-9/h5-7,16H,3-4,8H2,1-2H3. The summed E-state index contributed by atoms with van der Waals surface area (Å²) in [5, 5.41) is 3.21. The Morgan fingerprint density at radius 1 is 1.19 bits per heavy atom. The van der Waals surface area contributed by atoms with Crippen LogP contribution in [0.1, 0.15) is 25.8 Å². The van der Waals surface area contributed by atoms with Gasteiger partial charge in [-0.3, -0.25) is 0 Å². The Bertz CT molecular complexity index is 333. The molecule has 0 bridgehead atoms. The summed E-state index contributed by atoms with van der Waals surface area (Å²) < 4.78 is 25.8. The van der Waals surface area contributed by atoms with E-state index in [-0.39, 0.29) is 5.54 Å². The molecule has 0 fully saturated rings. The van der Waals surface area contributed by atoms with Gasteiger partial charge in [0.15, 0.2) is 0 Å². The van der Waals surface area contributed by atoms with Crippen molar-refractivity contribution in [3.63, 3.8) is 0 Å². The fourth-order valence-corrected chi connectivity index (χ4v) is 1.85. The van der Waals surface area contributed by atoms with Crippen molar-refractivity contribution >= 4 is 11.6 Å². The quantitative estimate of drug-likeness (QED) is 0.786. The highest BCUT2D eigenvalue weighted by Crippen LogP contribution is 2.12. The average molecular weight is 248 g/mol. The molecule has 0 unspecified atom stereocenters. The SMILES string of the molecule is CC(C)(CCCl)NCc1cc(F)cc(F)c1. The van der Waals surface area contributed by atoms with Crippen LogP contribution in [-0.2, 0) is 6.54 Å². The number of rotatable bonds is 5. The first-order valence-electron chi connectivity index (χ1n) is 5.19. The van der Waals surface area contributed by atoms with Crippen molar-refractivity contribution in [3.05, 3.63) is 35.4 Å². The highest BCUT2D eigenvalue weighted by Gasteiger charge is 2.15. The van der Waals surface area contributed by atoms with Crippen molar-refractivity contribution in [2.45, 2.75) is 32.4 Å². The molecule has 1 aromatic rings. The molecule has 0 aliphatic heterocycles. The van der Waals surface area contributed by atoms with Crippen molar-refractivity contribution in [1.82, 2.24) is 5.32 Å². The van der Waals surface area contributed by atoms with Gasteiger partial charge in [0.2, 0.25) is 0 Å². The number of alkyl halides is 1. The van der Waals surface area contributed by atoms with Gasteiger partial charge in [0, 0.05) is 24.0 Å². The first-order chi connectivity index (χ1) is 7.43. The van der Waals surface area contributed by atoms with Crippen molar-refractivity contribution in [3.8, 4) is 0 Å². The van der Waals surface area contributed by atoms with E-state index in [9.17, 15) is 8.78 Å². The van der Waals surface area contributed by atoms with Gasteiger partial charge in [-0.25, -0.2) is 8.78 Å². The largest absolute Gasteiger partial charge is 0.308 e. The summed E-state index contributed by atoms with van der Waals surface area (Å²) in [5.41, 5.74) is 0.463. The molecule has 1 rings (SSSR count). The minimum absolute atomic E-state index is 0.134. The van der Waals surface area contributed by atoms with E-state index in [2.05, 4.69) is 5.32 Å². The van der Waals surface area contributed by atoms with Gasteiger partial charge in [0.05, 0.1) is 0 Å². The molecule has 0 heterocycles. The van der Waals surface area contributed by atoms with Crippen LogP contribution in [0.25, 0.3) is 0 Å². The maximum atomic E-state index is 12.9. The average Bonchev–Trinajstić information content (AvgIpc) is 2.13. The predicted octanol–water partition coefficient (Wildman–Crippen LogP) is 3.46. The van der Waals surface area contributed by atoms with Crippen LogP contribution >= 0.6 is 11.6 Å². The van der Waals surface area contributed by atoms with Crippen LogP contribution in [0.4, 0.5) is 8.78 Å². The highest BCUT2D eigenvalue weighted by molar-refractivity contribution is 6.17. The van der Waals surface area contributed by atoms with Gasteiger partial charge in [-0.1, -0.05) is 0 Å². The summed E-state index contributed by atoms with van der Waals surface area (Å²) in [5.74, 6) is -0.545. The van der Waals surface area contributed by atoms with Crippen molar-refractivity contribution < 1.29 is 8.78 Å². The fraction of sp³-hybridized carbons (Fsp3) is 0.500. The maximum absolute atomic E-state index is 12.9. The van der Waals surface area contributed by atoms with Crippen LogP contribution in [0.2, 0.25) is 0 Å². The fourth-order valence-electron chi connectivity index (χ4n) is 1.38. The Kier molecular flexibility index (Phi) is 4.69. The molecule has 1 N–H and O–H groups in total. The predicted molar refractivity (Wildman–Crippen MR) is 62.6 cm³/mol. The van der Waals surface area contributed by atoms with E-state index in [0.717, 1.165) is 12.5 Å². The lowest BCUT2D eigenvalue weighted by Gasteiger charge is -2.25. The molecule has 0 radical (unpaired) electrons. The number of benzene rings is 1. The van der Waals surface area contributed by atoms with Crippen molar-refractivity contribution in [2.75, 3.05) is 5.88 Å².